The molecular weight excluding hydrogens is 540 g/mol. The maximum atomic E-state index is 14.4. The lowest BCUT2D eigenvalue weighted by Gasteiger charge is -2.14. The van der Waals surface area contributed by atoms with Crippen molar-refractivity contribution in [3.8, 4) is 16.9 Å². The summed E-state index contributed by atoms with van der Waals surface area (Å²) in [6.45, 7) is 0. The second kappa shape index (κ2) is 10.6. The summed E-state index contributed by atoms with van der Waals surface area (Å²) >= 11 is 17.6. The Kier molecular flexibility index (Phi) is 7.49. The zero-order valence-electron chi connectivity index (χ0n) is 17.8. The Bertz CT molecular complexity index is 1520. The molecule has 0 aliphatic carbocycles. The number of nitrogens with one attached hydrogen (secondary N) is 1. The fraction of sp³-hybridized carbons (Fsp3) is 0. The Hall–Kier alpha value is -3.59. The van der Waals surface area contributed by atoms with Crippen molar-refractivity contribution in [3.05, 3.63) is 111 Å². The van der Waals surface area contributed by atoms with Gasteiger partial charge < -0.3 is 10.1 Å². The van der Waals surface area contributed by atoms with Crippen molar-refractivity contribution < 1.29 is 27.5 Å². The van der Waals surface area contributed by atoms with Crippen LogP contribution in [0.3, 0.4) is 0 Å². The van der Waals surface area contributed by atoms with E-state index in [0.29, 0.717) is 6.07 Å². The molecular formula is C25H12Cl3F3N2O3. The van der Waals surface area contributed by atoms with Gasteiger partial charge in [-0.25, -0.2) is 22.9 Å². The number of hydrogen-bond acceptors (Lipinski definition) is 4. The van der Waals surface area contributed by atoms with E-state index in [2.05, 4.69) is 10.3 Å². The molecule has 1 aromatic heterocycles. The fourth-order valence-electron chi connectivity index (χ4n) is 3.18. The molecule has 1 amide bonds. The van der Waals surface area contributed by atoms with Crippen molar-refractivity contribution in [2.24, 2.45) is 0 Å². The summed E-state index contributed by atoms with van der Waals surface area (Å²) in [5.41, 5.74) is -0.207. The summed E-state index contributed by atoms with van der Waals surface area (Å²) < 4.78 is 47.0. The van der Waals surface area contributed by atoms with Gasteiger partial charge in [-0.1, -0.05) is 53.0 Å². The first kappa shape index (κ1) is 25.5. The van der Waals surface area contributed by atoms with Crippen molar-refractivity contribution in [3.63, 3.8) is 0 Å². The monoisotopic (exact) mass is 550 g/mol. The average molecular weight is 552 g/mol. The highest BCUT2D eigenvalue weighted by Gasteiger charge is 2.22. The SMILES string of the molecule is O=C(Nc1ccccc1Cl)c1cc(-c2ccc(F)cc2F)ccc1OC(=O)c1cc(F)c(Cl)nc1Cl. The average Bonchev–Trinajstić information content (AvgIpc) is 2.83. The highest BCUT2D eigenvalue weighted by Crippen LogP contribution is 2.31. The lowest BCUT2D eigenvalue weighted by Crippen LogP contribution is -2.17. The first-order valence-corrected chi connectivity index (χ1v) is 11.2. The highest BCUT2D eigenvalue weighted by molar-refractivity contribution is 6.35. The number of amides is 1. The minimum absolute atomic E-state index is 0.00640. The van der Waals surface area contributed by atoms with Gasteiger partial charge in [0.15, 0.2) is 11.0 Å². The smallest absolute Gasteiger partial charge is 0.346 e. The molecule has 1 heterocycles. The fourth-order valence-corrected chi connectivity index (χ4v) is 3.76. The topological polar surface area (TPSA) is 68.3 Å². The summed E-state index contributed by atoms with van der Waals surface area (Å²) in [6, 6.07) is 13.9. The number of nitrogens with zero attached hydrogens (tertiary/aromatic N) is 1. The van der Waals surface area contributed by atoms with Gasteiger partial charge in [0.25, 0.3) is 5.91 Å². The summed E-state index contributed by atoms with van der Waals surface area (Å²) in [6.07, 6.45) is 0. The number of halogens is 6. The normalized spacial score (nSPS) is 10.7. The molecule has 4 aromatic rings. The third kappa shape index (κ3) is 5.46. The number of anilines is 1. The summed E-state index contributed by atoms with van der Waals surface area (Å²) in [5.74, 6) is -4.81. The van der Waals surface area contributed by atoms with E-state index in [1.54, 1.807) is 18.2 Å². The molecule has 0 spiro atoms. The van der Waals surface area contributed by atoms with Crippen LogP contribution in [0.25, 0.3) is 11.1 Å². The van der Waals surface area contributed by atoms with E-state index >= 15 is 0 Å². The molecule has 0 saturated heterocycles. The van der Waals surface area contributed by atoms with Crippen molar-refractivity contribution >= 4 is 52.4 Å². The van der Waals surface area contributed by atoms with Gasteiger partial charge in [0.1, 0.15) is 28.1 Å². The Labute approximate surface area is 217 Å². The Morgan fingerprint density at radius 3 is 2.28 bits per heavy atom. The molecule has 0 bridgehead atoms. The molecule has 3 aromatic carbocycles. The summed E-state index contributed by atoms with van der Waals surface area (Å²) in [7, 11) is 0. The molecule has 0 radical (unpaired) electrons. The van der Waals surface area contributed by atoms with Gasteiger partial charge in [-0.3, -0.25) is 4.79 Å². The van der Waals surface area contributed by atoms with Crippen LogP contribution in [0.1, 0.15) is 20.7 Å². The van der Waals surface area contributed by atoms with E-state index in [1.807, 2.05) is 0 Å². The predicted molar refractivity (Wildman–Crippen MR) is 130 cm³/mol. The number of aromatic nitrogens is 1. The van der Waals surface area contributed by atoms with Crippen LogP contribution in [-0.2, 0) is 0 Å². The summed E-state index contributed by atoms with van der Waals surface area (Å²) in [5, 5.41) is 1.86. The Morgan fingerprint density at radius 2 is 1.56 bits per heavy atom. The first-order chi connectivity index (χ1) is 17.1. The second-order valence-corrected chi connectivity index (χ2v) is 8.38. The maximum absolute atomic E-state index is 14.4. The van der Waals surface area contributed by atoms with E-state index in [1.165, 1.54) is 30.3 Å². The van der Waals surface area contributed by atoms with Gasteiger partial charge in [-0.2, -0.15) is 0 Å². The van der Waals surface area contributed by atoms with Crippen LogP contribution in [0.2, 0.25) is 15.3 Å². The lowest BCUT2D eigenvalue weighted by molar-refractivity contribution is 0.0732. The van der Waals surface area contributed by atoms with Crippen LogP contribution in [0, 0.1) is 17.5 Å². The molecule has 1 N–H and O–H groups in total. The third-order valence-electron chi connectivity index (χ3n) is 4.90. The molecule has 0 aliphatic rings. The van der Waals surface area contributed by atoms with Gasteiger partial charge in [0.2, 0.25) is 0 Å². The quantitative estimate of drug-likeness (QED) is 0.158. The van der Waals surface area contributed by atoms with Gasteiger partial charge in [0, 0.05) is 11.6 Å². The van der Waals surface area contributed by atoms with Crippen molar-refractivity contribution in [1.29, 1.82) is 0 Å². The predicted octanol–water partition coefficient (Wildman–Crippen LogP) is 7.60. The van der Waals surface area contributed by atoms with E-state index in [9.17, 15) is 22.8 Å². The largest absolute Gasteiger partial charge is 0.422 e. The molecule has 36 heavy (non-hydrogen) atoms. The van der Waals surface area contributed by atoms with Crippen molar-refractivity contribution in [2.45, 2.75) is 0 Å². The molecule has 182 valence electrons. The molecule has 0 saturated carbocycles. The minimum atomic E-state index is -1.13. The van der Waals surface area contributed by atoms with Gasteiger partial charge in [-0.05, 0) is 48.0 Å². The molecule has 0 aliphatic heterocycles. The van der Waals surface area contributed by atoms with Crippen molar-refractivity contribution in [2.75, 3.05) is 5.32 Å². The molecule has 5 nitrogen and oxygen atoms in total. The Balaban J connectivity index is 1.76. The number of ether oxygens (including phenoxy) is 1. The van der Waals surface area contributed by atoms with E-state index in [-0.39, 0.29) is 33.1 Å². The molecule has 0 unspecified atom stereocenters. The van der Waals surface area contributed by atoms with Crippen LogP contribution in [0.15, 0.2) is 66.7 Å². The molecule has 4 rings (SSSR count). The first-order valence-electron chi connectivity index (χ1n) is 10.0. The number of esters is 1. The van der Waals surface area contributed by atoms with Crippen LogP contribution in [-0.4, -0.2) is 16.9 Å². The van der Waals surface area contributed by atoms with Gasteiger partial charge in [-0.15, -0.1) is 0 Å². The summed E-state index contributed by atoms with van der Waals surface area (Å²) in [4.78, 5) is 29.4. The van der Waals surface area contributed by atoms with Crippen molar-refractivity contribution in [1.82, 2.24) is 4.98 Å². The molecule has 0 fully saturated rings. The van der Waals surface area contributed by atoms with E-state index in [4.69, 9.17) is 39.5 Å². The highest BCUT2D eigenvalue weighted by atomic mass is 35.5. The molecule has 0 atom stereocenters. The van der Waals surface area contributed by atoms with Crippen LogP contribution in [0.4, 0.5) is 18.9 Å². The lowest BCUT2D eigenvalue weighted by atomic mass is 10.0. The minimum Gasteiger partial charge on any atom is -0.422 e. The number of pyridine rings is 1. The zero-order valence-corrected chi connectivity index (χ0v) is 20.1. The number of para-hydroxylation sites is 1. The van der Waals surface area contributed by atoms with E-state index < -0.39 is 45.2 Å². The second-order valence-electron chi connectivity index (χ2n) is 7.26. The van der Waals surface area contributed by atoms with Gasteiger partial charge in [0.05, 0.1) is 16.3 Å². The number of benzene rings is 3. The zero-order chi connectivity index (χ0) is 26.0. The number of carbonyl (C=O) groups excluding carboxylic acids is 2. The maximum Gasteiger partial charge on any atom is 0.346 e. The number of hydrogen-bond donors (Lipinski definition) is 1. The van der Waals surface area contributed by atoms with Crippen LogP contribution in [0.5, 0.6) is 5.75 Å². The third-order valence-corrected chi connectivity index (χ3v) is 5.78. The van der Waals surface area contributed by atoms with Crippen LogP contribution >= 0.6 is 34.8 Å². The number of carbonyl (C=O) groups is 2. The van der Waals surface area contributed by atoms with Crippen LogP contribution < -0.4 is 10.1 Å². The van der Waals surface area contributed by atoms with Gasteiger partial charge >= 0.3 is 5.97 Å². The number of rotatable bonds is 5. The molecule has 11 heteroatoms. The standard InChI is InChI=1S/C25H12Cl3F3N2O3/c26-17-3-1-2-4-20(17)32-24(34)15-9-12(14-7-6-13(29)10-18(14)30)5-8-21(15)36-25(35)16-11-19(31)23(28)33-22(16)27/h1-11H,(H,32,34). The Morgan fingerprint density at radius 1 is 0.806 bits per heavy atom. The van der Waals surface area contributed by atoms with E-state index in [0.717, 1.165) is 12.1 Å².